The maximum absolute atomic E-state index is 13.7. The SMILES string of the molecule is COc1cc(O)c(-c2noc(CN)n2)c(F)c1. The molecular formula is C10H10FN3O3. The molecule has 17 heavy (non-hydrogen) atoms. The Morgan fingerprint density at radius 1 is 1.53 bits per heavy atom. The van der Waals surface area contributed by atoms with E-state index < -0.39 is 5.82 Å². The largest absolute Gasteiger partial charge is 0.507 e. The lowest BCUT2D eigenvalue weighted by atomic mass is 10.1. The van der Waals surface area contributed by atoms with Crippen molar-refractivity contribution < 1.29 is 18.8 Å². The fraction of sp³-hybridized carbons (Fsp3) is 0.200. The Kier molecular flexibility index (Phi) is 2.92. The second-order valence-electron chi connectivity index (χ2n) is 3.22. The maximum atomic E-state index is 13.7. The van der Waals surface area contributed by atoms with E-state index in [2.05, 4.69) is 10.1 Å². The van der Waals surface area contributed by atoms with E-state index in [0.717, 1.165) is 6.07 Å². The highest BCUT2D eigenvalue weighted by Gasteiger charge is 2.18. The smallest absolute Gasteiger partial charge is 0.240 e. The van der Waals surface area contributed by atoms with Gasteiger partial charge in [-0.2, -0.15) is 4.98 Å². The molecule has 1 aromatic carbocycles. The van der Waals surface area contributed by atoms with Gasteiger partial charge >= 0.3 is 0 Å². The first-order chi connectivity index (χ1) is 8.15. The number of phenolic OH excluding ortho intramolecular Hbond substituents is 1. The molecule has 2 rings (SSSR count). The number of hydrogen-bond acceptors (Lipinski definition) is 6. The van der Waals surface area contributed by atoms with E-state index in [4.69, 9.17) is 15.0 Å². The highest BCUT2D eigenvalue weighted by atomic mass is 19.1. The van der Waals surface area contributed by atoms with Gasteiger partial charge in [0, 0.05) is 12.1 Å². The minimum absolute atomic E-state index is 0.0472. The lowest BCUT2D eigenvalue weighted by Gasteiger charge is -2.05. The fourth-order valence-electron chi connectivity index (χ4n) is 1.35. The molecule has 7 heteroatoms. The van der Waals surface area contributed by atoms with Gasteiger partial charge in [-0.15, -0.1) is 0 Å². The van der Waals surface area contributed by atoms with Gasteiger partial charge in [-0.3, -0.25) is 0 Å². The zero-order valence-electron chi connectivity index (χ0n) is 8.98. The quantitative estimate of drug-likeness (QED) is 0.831. The van der Waals surface area contributed by atoms with E-state index >= 15 is 0 Å². The number of hydrogen-bond donors (Lipinski definition) is 2. The van der Waals surface area contributed by atoms with Crippen LogP contribution < -0.4 is 10.5 Å². The molecule has 0 saturated carbocycles. The van der Waals surface area contributed by atoms with Crippen molar-refractivity contribution in [3.63, 3.8) is 0 Å². The Labute approximate surface area is 95.8 Å². The number of halogens is 1. The number of methoxy groups -OCH3 is 1. The molecule has 0 aliphatic heterocycles. The number of rotatable bonds is 3. The first kappa shape index (κ1) is 11.3. The zero-order valence-corrected chi connectivity index (χ0v) is 8.98. The summed E-state index contributed by atoms with van der Waals surface area (Å²) in [5.41, 5.74) is 5.15. The summed E-state index contributed by atoms with van der Waals surface area (Å²) in [4.78, 5) is 3.83. The number of aromatic nitrogens is 2. The lowest BCUT2D eigenvalue weighted by Crippen LogP contribution is -1.96. The molecule has 2 aromatic rings. The van der Waals surface area contributed by atoms with E-state index in [1.54, 1.807) is 0 Å². The highest BCUT2D eigenvalue weighted by Crippen LogP contribution is 2.33. The molecule has 0 atom stereocenters. The van der Waals surface area contributed by atoms with Crippen molar-refractivity contribution >= 4 is 0 Å². The van der Waals surface area contributed by atoms with Crippen molar-refractivity contribution in [1.29, 1.82) is 0 Å². The Morgan fingerprint density at radius 3 is 2.82 bits per heavy atom. The van der Waals surface area contributed by atoms with E-state index in [0.29, 0.717) is 0 Å². The Hall–Kier alpha value is -2.15. The van der Waals surface area contributed by atoms with Crippen molar-refractivity contribution in [1.82, 2.24) is 10.1 Å². The highest BCUT2D eigenvalue weighted by molar-refractivity contribution is 5.65. The van der Waals surface area contributed by atoms with Crippen LogP contribution in [0.15, 0.2) is 16.7 Å². The van der Waals surface area contributed by atoms with E-state index in [9.17, 15) is 9.50 Å². The second kappa shape index (κ2) is 4.38. The van der Waals surface area contributed by atoms with Crippen molar-refractivity contribution in [2.45, 2.75) is 6.54 Å². The topological polar surface area (TPSA) is 94.4 Å². The van der Waals surface area contributed by atoms with Crippen molar-refractivity contribution in [3.8, 4) is 22.9 Å². The number of benzene rings is 1. The number of phenols is 1. The Balaban J connectivity index is 2.51. The van der Waals surface area contributed by atoms with Crippen LogP contribution in [0, 0.1) is 5.82 Å². The molecule has 0 amide bonds. The van der Waals surface area contributed by atoms with Gasteiger partial charge in [0.25, 0.3) is 0 Å². The fourth-order valence-corrected chi connectivity index (χ4v) is 1.35. The lowest BCUT2D eigenvalue weighted by molar-refractivity contribution is 0.379. The van der Waals surface area contributed by atoms with Crippen LogP contribution in [-0.2, 0) is 6.54 Å². The van der Waals surface area contributed by atoms with Gasteiger partial charge in [0.05, 0.1) is 13.7 Å². The van der Waals surface area contributed by atoms with Crippen LogP contribution in [0.4, 0.5) is 4.39 Å². The molecule has 3 N–H and O–H groups in total. The van der Waals surface area contributed by atoms with E-state index in [-0.39, 0.29) is 35.3 Å². The molecule has 0 saturated heterocycles. The standard InChI is InChI=1S/C10H10FN3O3/c1-16-5-2-6(11)9(7(15)3-5)10-13-8(4-12)17-14-10/h2-3,15H,4,12H2,1H3. The van der Waals surface area contributed by atoms with Crippen LogP contribution >= 0.6 is 0 Å². The predicted octanol–water partition coefficient (Wildman–Crippen LogP) is 1.05. The van der Waals surface area contributed by atoms with Crippen molar-refractivity contribution in [3.05, 3.63) is 23.8 Å². The van der Waals surface area contributed by atoms with Crippen LogP contribution in [0.5, 0.6) is 11.5 Å². The second-order valence-corrected chi connectivity index (χ2v) is 3.22. The van der Waals surface area contributed by atoms with E-state index in [1.165, 1.54) is 13.2 Å². The van der Waals surface area contributed by atoms with Gasteiger partial charge in [0.2, 0.25) is 11.7 Å². The molecular weight excluding hydrogens is 229 g/mol. The maximum Gasteiger partial charge on any atom is 0.240 e. The monoisotopic (exact) mass is 239 g/mol. The number of nitrogens with two attached hydrogens (primary N) is 1. The summed E-state index contributed by atoms with van der Waals surface area (Å²) >= 11 is 0. The molecule has 1 heterocycles. The average molecular weight is 239 g/mol. The van der Waals surface area contributed by atoms with Crippen LogP contribution in [-0.4, -0.2) is 22.4 Å². The van der Waals surface area contributed by atoms with Crippen LogP contribution in [0.1, 0.15) is 5.89 Å². The minimum atomic E-state index is -0.703. The van der Waals surface area contributed by atoms with Gasteiger partial charge in [0.1, 0.15) is 22.9 Å². The predicted molar refractivity (Wildman–Crippen MR) is 55.8 cm³/mol. The van der Waals surface area contributed by atoms with Gasteiger partial charge in [0.15, 0.2) is 0 Å². The third-order valence-electron chi connectivity index (χ3n) is 2.14. The molecule has 0 bridgehead atoms. The summed E-state index contributed by atoms with van der Waals surface area (Å²) in [5, 5.41) is 13.2. The van der Waals surface area contributed by atoms with Crippen LogP contribution in [0.25, 0.3) is 11.4 Å². The summed E-state index contributed by atoms with van der Waals surface area (Å²) in [7, 11) is 1.37. The molecule has 0 aliphatic rings. The minimum Gasteiger partial charge on any atom is -0.507 e. The first-order valence-corrected chi connectivity index (χ1v) is 4.75. The Morgan fingerprint density at radius 2 is 2.29 bits per heavy atom. The third kappa shape index (κ3) is 2.04. The molecule has 1 aromatic heterocycles. The molecule has 0 radical (unpaired) electrons. The number of nitrogens with zero attached hydrogens (tertiary/aromatic N) is 2. The molecule has 0 aliphatic carbocycles. The molecule has 0 spiro atoms. The molecule has 0 unspecified atom stereocenters. The summed E-state index contributed by atoms with van der Waals surface area (Å²) in [6, 6.07) is 2.38. The summed E-state index contributed by atoms with van der Waals surface area (Å²) in [6.07, 6.45) is 0. The molecule has 90 valence electrons. The summed E-state index contributed by atoms with van der Waals surface area (Å²) in [5.74, 6) is -0.721. The van der Waals surface area contributed by atoms with Crippen molar-refractivity contribution in [2.24, 2.45) is 5.73 Å². The van der Waals surface area contributed by atoms with Gasteiger partial charge < -0.3 is 20.1 Å². The third-order valence-corrected chi connectivity index (χ3v) is 2.14. The summed E-state index contributed by atoms with van der Waals surface area (Å²) < 4.78 is 23.3. The first-order valence-electron chi connectivity index (χ1n) is 4.75. The Bertz CT molecular complexity index is 518. The van der Waals surface area contributed by atoms with Crippen LogP contribution in [0.2, 0.25) is 0 Å². The van der Waals surface area contributed by atoms with Gasteiger partial charge in [-0.25, -0.2) is 4.39 Å². The average Bonchev–Trinajstić information content (AvgIpc) is 2.76. The van der Waals surface area contributed by atoms with Gasteiger partial charge in [-0.05, 0) is 0 Å². The van der Waals surface area contributed by atoms with Gasteiger partial charge in [-0.1, -0.05) is 5.16 Å². The summed E-state index contributed by atoms with van der Waals surface area (Å²) in [6.45, 7) is 0.0472. The number of ether oxygens (including phenoxy) is 1. The van der Waals surface area contributed by atoms with Crippen LogP contribution in [0.3, 0.4) is 0 Å². The zero-order chi connectivity index (χ0) is 12.4. The molecule has 6 nitrogen and oxygen atoms in total. The van der Waals surface area contributed by atoms with Crippen molar-refractivity contribution in [2.75, 3.05) is 7.11 Å². The molecule has 0 fully saturated rings. The van der Waals surface area contributed by atoms with E-state index in [1.807, 2.05) is 0 Å². The number of aromatic hydroxyl groups is 1. The normalized spacial score (nSPS) is 10.5.